The van der Waals surface area contributed by atoms with E-state index in [2.05, 4.69) is 32.1 Å². The summed E-state index contributed by atoms with van der Waals surface area (Å²) in [4.78, 5) is 15.1. The van der Waals surface area contributed by atoms with Crippen LogP contribution < -0.4 is 10.2 Å². The van der Waals surface area contributed by atoms with Crippen LogP contribution >= 0.6 is 11.6 Å². The molecule has 6 nitrogen and oxygen atoms in total. The molecule has 7 heteroatoms. The molecule has 1 fully saturated rings. The zero-order valence-corrected chi connectivity index (χ0v) is 13.5. The Hall–Kier alpha value is -1.14. The van der Waals surface area contributed by atoms with E-state index in [0.29, 0.717) is 18.3 Å². The maximum Gasteiger partial charge on any atom is 0.231 e. The Bertz CT molecular complexity index is 467. The van der Waals surface area contributed by atoms with Crippen LogP contribution in [0.15, 0.2) is 0 Å². The van der Waals surface area contributed by atoms with Crippen LogP contribution in [-0.2, 0) is 0 Å². The highest BCUT2D eigenvalue weighted by Crippen LogP contribution is 2.23. The summed E-state index contributed by atoms with van der Waals surface area (Å²) in [6.07, 6.45) is 5.05. The van der Waals surface area contributed by atoms with Gasteiger partial charge in [0, 0.05) is 25.2 Å². The summed E-state index contributed by atoms with van der Waals surface area (Å²) < 4.78 is 0. The monoisotopic (exact) mass is 313 g/mol. The molecule has 1 aromatic heterocycles. The maximum atomic E-state index is 9.20. The second-order valence-electron chi connectivity index (χ2n) is 5.79. The van der Waals surface area contributed by atoms with Crippen molar-refractivity contribution in [1.82, 2.24) is 15.0 Å². The minimum atomic E-state index is -0.251. The lowest BCUT2D eigenvalue weighted by Crippen LogP contribution is -2.36. The Morgan fingerprint density at radius 2 is 1.95 bits per heavy atom. The second kappa shape index (κ2) is 7.22. The molecule has 0 saturated carbocycles. The van der Waals surface area contributed by atoms with Crippen molar-refractivity contribution >= 4 is 23.5 Å². The molecule has 2 N–H and O–H groups in total. The van der Waals surface area contributed by atoms with Gasteiger partial charge in [-0.15, -0.1) is 0 Å². The predicted molar refractivity (Wildman–Crippen MR) is 84.9 cm³/mol. The fraction of sp³-hybridized carbons (Fsp3) is 0.786. The van der Waals surface area contributed by atoms with Gasteiger partial charge in [-0.05, 0) is 50.6 Å². The third kappa shape index (κ3) is 4.41. The molecule has 1 atom stereocenters. The molecule has 1 saturated heterocycles. The fourth-order valence-electron chi connectivity index (χ4n) is 2.48. The molecule has 0 spiro atoms. The SMILES string of the molecule is CCC(C)(CCO)Nc1nc(Cl)nc(N2CCCCC2)n1. The predicted octanol–water partition coefficient (Wildman–Crippen LogP) is 2.48. The van der Waals surface area contributed by atoms with Crippen LogP contribution in [0.3, 0.4) is 0 Å². The standard InChI is InChI=1S/C14H24ClN5O/c1-3-14(2,7-10-21)19-12-16-11(15)17-13(18-12)20-8-5-4-6-9-20/h21H,3-10H2,1-2H3,(H,16,17,18,19). The fourth-order valence-corrected chi connectivity index (χ4v) is 2.63. The molecule has 0 amide bonds. The third-order valence-corrected chi connectivity index (χ3v) is 4.26. The molecular formula is C14H24ClN5O. The van der Waals surface area contributed by atoms with Gasteiger partial charge in [-0.3, -0.25) is 0 Å². The van der Waals surface area contributed by atoms with Gasteiger partial charge in [0.2, 0.25) is 17.2 Å². The van der Waals surface area contributed by atoms with Crippen LogP contribution in [-0.4, -0.2) is 45.3 Å². The highest BCUT2D eigenvalue weighted by atomic mass is 35.5. The van der Waals surface area contributed by atoms with Crippen molar-refractivity contribution in [3.05, 3.63) is 5.28 Å². The number of rotatable bonds is 6. The number of piperidine rings is 1. The summed E-state index contributed by atoms with van der Waals surface area (Å²) in [6, 6.07) is 0. The highest BCUT2D eigenvalue weighted by Gasteiger charge is 2.23. The van der Waals surface area contributed by atoms with Gasteiger partial charge in [0.05, 0.1) is 0 Å². The number of aliphatic hydroxyl groups is 1. The zero-order chi connectivity index (χ0) is 15.3. The minimum Gasteiger partial charge on any atom is -0.396 e. The van der Waals surface area contributed by atoms with Gasteiger partial charge in [-0.25, -0.2) is 0 Å². The molecule has 0 bridgehead atoms. The highest BCUT2D eigenvalue weighted by molar-refractivity contribution is 6.28. The van der Waals surface area contributed by atoms with E-state index in [9.17, 15) is 5.11 Å². The van der Waals surface area contributed by atoms with Gasteiger partial charge in [-0.2, -0.15) is 15.0 Å². The van der Waals surface area contributed by atoms with Crippen LogP contribution in [0, 0.1) is 0 Å². The van der Waals surface area contributed by atoms with Crippen molar-refractivity contribution in [3.8, 4) is 0 Å². The average Bonchev–Trinajstić information content (AvgIpc) is 2.48. The summed E-state index contributed by atoms with van der Waals surface area (Å²) in [6.45, 7) is 6.15. The average molecular weight is 314 g/mol. The van der Waals surface area contributed by atoms with E-state index >= 15 is 0 Å². The summed E-state index contributed by atoms with van der Waals surface area (Å²) in [5.41, 5.74) is -0.251. The Kier molecular flexibility index (Phi) is 5.58. The molecule has 2 heterocycles. The van der Waals surface area contributed by atoms with Gasteiger partial charge >= 0.3 is 0 Å². The largest absolute Gasteiger partial charge is 0.396 e. The van der Waals surface area contributed by atoms with Crippen LogP contribution in [0.1, 0.15) is 46.0 Å². The number of anilines is 2. The molecule has 0 radical (unpaired) electrons. The summed E-state index contributed by atoms with van der Waals surface area (Å²) in [5, 5.41) is 12.7. The number of hydrogen-bond donors (Lipinski definition) is 2. The summed E-state index contributed by atoms with van der Waals surface area (Å²) in [7, 11) is 0. The van der Waals surface area contributed by atoms with Crippen LogP contribution in [0.5, 0.6) is 0 Å². The quantitative estimate of drug-likeness (QED) is 0.840. The molecule has 118 valence electrons. The number of aromatic nitrogens is 3. The summed E-state index contributed by atoms with van der Waals surface area (Å²) in [5.74, 6) is 1.12. The van der Waals surface area contributed by atoms with Gasteiger partial charge < -0.3 is 15.3 Å². The molecule has 1 aromatic rings. The van der Waals surface area contributed by atoms with Crippen molar-refractivity contribution in [3.63, 3.8) is 0 Å². The number of nitrogens with zero attached hydrogens (tertiary/aromatic N) is 4. The lowest BCUT2D eigenvalue weighted by Gasteiger charge is -2.30. The number of hydrogen-bond acceptors (Lipinski definition) is 6. The first kappa shape index (κ1) is 16.2. The van der Waals surface area contributed by atoms with Gasteiger partial charge in [0.15, 0.2) is 0 Å². The normalized spacial score (nSPS) is 18.4. The van der Waals surface area contributed by atoms with E-state index in [0.717, 1.165) is 32.4 Å². The third-order valence-electron chi connectivity index (χ3n) is 4.09. The van der Waals surface area contributed by atoms with Crippen LogP contribution in [0.2, 0.25) is 5.28 Å². The van der Waals surface area contributed by atoms with Gasteiger partial charge in [-0.1, -0.05) is 6.92 Å². The lowest BCUT2D eigenvalue weighted by atomic mass is 9.95. The zero-order valence-electron chi connectivity index (χ0n) is 12.8. The molecular weight excluding hydrogens is 290 g/mol. The van der Waals surface area contributed by atoms with E-state index in [1.165, 1.54) is 6.42 Å². The molecule has 0 aromatic carbocycles. The Labute approximate surface area is 131 Å². The van der Waals surface area contributed by atoms with E-state index in [4.69, 9.17) is 11.6 Å². The Morgan fingerprint density at radius 3 is 2.57 bits per heavy atom. The first-order valence-electron chi connectivity index (χ1n) is 7.62. The van der Waals surface area contributed by atoms with Crippen molar-refractivity contribution < 1.29 is 5.11 Å². The first-order chi connectivity index (χ1) is 10.1. The lowest BCUT2D eigenvalue weighted by molar-refractivity contribution is 0.251. The van der Waals surface area contributed by atoms with E-state index in [-0.39, 0.29) is 17.4 Å². The molecule has 0 aliphatic carbocycles. The van der Waals surface area contributed by atoms with Crippen LogP contribution in [0.25, 0.3) is 0 Å². The number of aliphatic hydroxyl groups excluding tert-OH is 1. The number of halogens is 1. The Balaban J connectivity index is 2.17. The molecule has 1 aliphatic heterocycles. The van der Waals surface area contributed by atoms with Crippen molar-refractivity contribution in [2.45, 2.75) is 51.5 Å². The van der Waals surface area contributed by atoms with Gasteiger partial charge in [0.25, 0.3) is 0 Å². The molecule has 2 rings (SSSR count). The molecule has 1 aliphatic rings. The Morgan fingerprint density at radius 1 is 1.24 bits per heavy atom. The topological polar surface area (TPSA) is 74.2 Å². The van der Waals surface area contributed by atoms with Gasteiger partial charge in [0.1, 0.15) is 0 Å². The van der Waals surface area contributed by atoms with E-state index in [1.807, 2.05) is 6.92 Å². The van der Waals surface area contributed by atoms with E-state index in [1.54, 1.807) is 0 Å². The molecule has 1 unspecified atom stereocenters. The number of nitrogens with one attached hydrogen (secondary N) is 1. The smallest absolute Gasteiger partial charge is 0.231 e. The maximum absolute atomic E-state index is 9.20. The van der Waals surface area contributed by atoms with E-state index < -0.39 is 0 Å². The molecule has 21 heavy (non-hydrogen) atoms. The van der Waals surface area contributed by atoms with Crippen LogP contribution in [0.4, 0.5) is 11.9 Å². The second-order valence-corrected chi connectivity index (χ2v) is 6.13. The van der Waals surface area contributed by atoms with Crippen molar-refractivity contribution in [1.29, 1.82) is 0 Å². The van der Waals surface area contributed by atoms with Crippen molar-refractivity contribution in [2.75, 3.05) is 29.9 Å². The van der Waals surface area contributed by atoms with Crippen molar-refractivity contribution in [2.24, 2.45) is 0 Å². The summed E-state index contributed by atoms with van der Waals surface area (Å²) >= 11 is 6.04. The first-order valence-corrected chi connectivity index (χ1v) is 8.00. The minimum absolute atomic E-state index is 0.120.